The van der Waals surface area contributed by atoms with E-state index in [4.69, 9.17) is 10.1 Å². The molecule has 7 nitrogen and oxygen atoms in total. The van der Waals surface area contributed by atoms with Crippen LogP contribution in [0.3, 0.4) is 0 Å². The average molecular weight is 457 g/mol. The summed E-state index contributed by atoms with van der Waals surface area (Å²) in [5.41, 5.74) is 3.13. The van der Waals surface area contributed by atoms with Crippen LogP contribution in [0.4, 0.5) is 15.6 Å². The van der Waals surface area contributed by atoms with E-state index in [0.29, 0.717) is 32.1 Å². The Balaban J connectivity index is 1.36. The molecule has 8 heteroatoms. The molecule has 2 aliphatic heterocycles. The van der Waals surface area contributed by atoms with Gasteiger partial charge in [-0.25, -0.2) is 9.78 Å². The van der Waals surface area contributed by atoms with Crippen LogP contribution < -0.4 is 9.80 Å². The Bertz CT molecular complexity index is 939. The Morgan fingerprint density at radius 3 is 2.56 bits per heavy atom. The number of carboxylic acid groups (broad SMARTS) is 1. The SMILES string of the molecule is CCCCC(CC)c1csc(N2CCN(c3ccc(CN4CC(C(=O)O)C4)cc3)C2=O)n1. The summed E-state index contributed by atoms with van der Waals surface area (Å²) in [5.74, 6) is -0.487. The van der Waals surface area contributed by atoms with Gasteiger partial charge in [-0.05, 0) is 30.5 Å². The number of urea groups is 1. The first-order valence-electron chi connectivity index (χ1n) is 11.6. The highest BCUT2D eigenvalue weighted by molar-refractivity contribution is 7.14. The summed E-state index contributed by atoms with van der Waals surface area (Å²) in [6.07, 6.45) is 4.61. The number of hydrogen-bond donors (Lipinski definition) is 1. The number of likely N-dealkylation sites (tertiary alicyclic amines) is 1. The largest absolute Gasteiger partial charge is 0.481 e. The maximum atomic E-state index is 13.1. The lowest BCUT2D eigenvalue weighted by Crippen LogP contribution is -2.49. The van der Waals surface area contributed by atoms with E-state index in [1.165, 1.54) is 12.8 Å². The Morgan fingerprint density at radius 2 is 1.91 bits per heavy atom. The molecule has 2 aliphatic rings. The minimum Gasteiger partial charge on any atom is -0.481 e. The summed E-state index contributed by atoms with van der Waals surface area (Å²) in [6.45, 7) is 7.65. The molecule has 2 amide bonds. The van der Waals surface area contributed by atoms with Gasteiger partial charge in [-0.15, -0.1) is 11.3 Å². The first-order valence-corrected chi connectivity index (χ1v) is 12.5. The fraction of sp³-hybridized carbons (Fsp3) is 0.542. The van der Waals surface area contributed by atoms with Gasteiger partial charge in [0.2, 0.25) is 0 Å². The number of nitrogens with zero attached hydrogens (tertiary/aromatic N) is 4. The minimum absolute atomic E-state index is 0.0210. The van der Waals surface area contributed by atoms with Gasteiger partial charge in [-0.1, -0.05) is 38.8 Å². The molecule has 1 N–H and O–H groups in total. The number of thiazole rings is 1. The third-order valence-corrected chi connectivity index (χ3v) is 7.41. The molecule has 2 saturated heterocycles. The summed E-state index contributed by atoms with van der Waals surface area (Å²) < 4.78 is 0. The molecule has 172 valence electrons. The molecule has 1 unspecified atom stereocenters. The Morgan fingerprint density at radius 1 is 1.19 bits per heavy atom. The number of unbranched alkanes of at least 4 members (excludes halogenated alkanes) is 1. The Hall–Kier alpha value is -2.45. The van der Waals surface area contributed by atoms with Crippen molar-refractivity contribution in [3.05, 3.63) is 40.9 Å². The number of benzene rings is 1. The van der Waals surface area contributed by atoms with Crippen molar-refractivity contribution in [2.24, 2.45) is 5.92 Å². The van der Waals surface area contributed by atoms with Crippen LogP contribution >= 0.6 is 11.3 Å². The van der Waals surface area contributed by atoms with Crippen molar-refractivity contribution >= 4 is 34.2 Å². The van der Waals surface area contributed by atoms with E-state index in [-0.39, 0.29) is 11.9 Å². The fourth-order valence-electron chi connectivity index (χ4n) is 4.45. The zero-order valence-electron chi connectivity index (χ0n) is 18.9. The molecule has 0 aliphatic carbocycles. The predicted octanol–water partition coefficient (Wildman–Crippen LogP) is 4.79. The molecular formula is C24H32N4O3S. The van der Waals surface area contributed by atoms with Gasteiger partial charge in [0.25, 0.3) is 0 Å². The van der Waals surface area contributed by atoms with Crippen molar-refractivity contribution in [3.63, 3.8) is 0 Å². The van der Waals surface area contributed by atoms with Crippen molar-refractivity contribution in [3.8, 4) is 0 Å². The zero-order valence-corrected chi connectivity index (χ0v) is 19.7. The third kappa shape index (κ3) is 4.81. The van der Waals surface area contributed by atoms with E-state index in [1.54, 1.807) is 16.2 Å². The molecule has 0 radical (unpaired) electrons. The highest BCUT2D eigenvalue weighted by Gasteiger charge is 2.34. The van der Waals surface area contributed by atoms with E-state index < -0.39 is 5.97 Å². The highest BCUT2D eigenvalue weighted by Crippen LogP contribution is 2.33. The van der Waals surface area contributed by atoms with Crippen LogP contribution in [0.5, 0.6) is 0 Å². The van der Waals surface area contributed by atoms with E-state index in [9.17, 15) is 9.59 Å². The van der Waals surface area contributed by atoms with Crippen molar-refractivity contribution in [1.29, 1.82) is 0 Å². The predicted molar refractivity (Wildman–Crippen MR) is 128 cm³/mol. The second-order valence-corrected chi connectivity index (χ2v) is 9.62. The van der Waals surface area contributed by atoms with Crippen molar-refractivity contribution in [2.75, 3.05) is 36.0 Å². The number of rotatable bonds is 10. The Labute approximate surface area is 193 Å². The van der Waals surface area contributed by atoms with Crippen molar-refractivity contribution < 1.29 is 14.7 Å². The summed E-state index contributed by atoms with van der Waals surface area (Å²) in [6, 6.07) is 8.00. The van der Waals surface area contributed by atoms with Gasteiger partial charge < -0.3 is 5.11 Å². The fourth-order valence-corrected chi connectivity index (χ4v) is 5.37. The van der Waals surface area contributed by atoms with Gasteiger partial charge in [-0.3, -0.25) is 19.5 Å². The number of carboxylic acids is 1. The Kier molecular flexibility index (Phi) is 7.10. The zero-order chi connectivity index (χ0) is 22.7. The molecule has 32 heavy (non-hydrogen) atoms. The molecule has 0 spiro atoms. The number of hydrogen-bond acceptors (Lipinski definition) is 5. The molecule has 4 rings (SSSR count). The van der Waals surface area contributed by atoms with Crippen molar-refractivity contribution in [2.45, 2.75) is 52.0 Å². The number of amides is 2. The minimum atomic E-state index is -0.716. The lowest BCUT2D eigenvalue weighted by molar-refractivity contribution is -0.147. The van der Waals surface area contributed by atoms with Gasteiger partial charge in [-0.2, -0.15) is 0 Å². The molecule has 1 aromatic carbocycles. The standard InChI is InChI=1S/C24H32N4O3S/c1-3-5-6-18(4-2)21-16-32-23(25-21)28-12-11-27(24(28)31)20-9-7-17(8-10-20)13-26-14-19(15-26)22(29)30/h7-10,16,18-19H,3-6,11-15H2,1-2H3,(H,29,30). The smallest absolute Gasteiger partial charge is 0.330 e. The summed E-state index contributed by atoms with van der Waals surface area (Å²) in [5, 5.41) is 11.9. The number of carbonyl (C=O) groups excluding carboxylic acids is 1. The maximum Gasteiger partial charge on any atom is 0.330 e. The third-order valence-electron chi connectivity index (χ3n) is 6.53. The average Bonchev–Trinajstić information content (AvgIpc) is 3.38. The van der Waals surface area contributed by atoms with Crippen molar-refractivity contribution in [1.82, 2.24) is 9.88 Å². The van der Waals surface area contributed by atoms with Crippen LogP contribution in [-0.4, -0.2) is 53.2 Å². The molecule has 3 heterocycles. The van der Waals surface area contributed by atoms with Crippen LogP contribution in [0.25, 0.3) is 0 Å². The molecule has 1 atom stereocenters. The second-order valence-electron chi connectivity index (χ2n) is 8.78. The van der Waals surface area contributed by atoms with Gasteiger partial charge >= 0.3 is 12.0 Å². The number of carbonyl (C=O) groups is 2. The molecule has 2 aromatic rings. The van der Waals surface area contributed by atoms with Gasteiger partial charge in [0.15, 0.2) is 5.13 Å². The van der Waals surface area contributed by atoms with E-state index in [1.807, 2.05) is 29.2 Å². The molecular weight excluding hydrogens is 424 g/mol. The highest BCUT2D eigenvalue weighted by atomic mass is 32.1. The van der Waals surface area contributed by atoms with Gasteiger partial charge in [0.05, 0.1) is 11.6 Å². The van der Waals surface area contributed by atoms with Crippen LogP contribution in [0.15, 0.2) is 29.6 Å². The lowest BCUT2D eigenvalue weighted by atomic mass is 9.97. The molecule has 1 aromatic heterocycles. The van der Waals surface area contributed by atoms with E-state index >= 15 is 0 Å². The maximum absolute atomic E-state index is 13.1. The summed E-state index contributed by atoms with van der Waals surface area (Å²) >= 11 is 1.57. The monoisotopic (exact) mass is 456 g/mol. The molecule has 0 saturated carbocycles. The van der Waals surface area contributed by atoms with E-state index in [2.05, 4.69) is 24.1 Å². The number of anilines is 2. The van der Waals surface area contributed by atoms with Crippen LogP contribution in [0.1, 0.15) is 56.7 Å². The summed E-state index contributed by atoms with van der Waals surface area (Å²) in [7, 11) is 0. The quantitative estimate of drug-likeness (QED) is 0.556. The number of aromatic nitrogens is 1. The van der Waals surface area contributed by atoms with Crippen LogP contribution in [-0.2, 0) is 11.3 Å². The topological polar surface area (TPSA) is 77.0 Å². The van der Waals surface area contributed by atoms with E-state index in [0.717, 1.165) is 41.5 Å². The summed E-state index contributed by atoms with van der Waals surface area (Å²) in [4.78, 5) is 34.6. The van der Waals surface area contributed by atoms with Gasteiger partial charge in [0, 0.05) is 49.7 Å². The molecule has 2 fully saturated rings. The first kappa shape index (κ1) is 22.7. The lowest BCUT2D eigenvalue weighted by Gasteiger charge is -2.36. The first-order chi connectivity index (χ1) is 15.5. The van der Waals surface area contributed by atoms with Gasteiger partial charge in [0.1, 0.15) is 0 Å². The van der Waals surface area contributed by atoms with Crippen LogP contribution in [0, 0.1) is 5.92 Å². The second kappa shape index (κ2) is 10.0. The number of aliphatic carboxylic acids is 1. The normalized spacial score (nSPS) is 18.2. The molecule has 0 bridgehead atoms. The van der Waals surface area contributed by atoms with Crippen LogP contribution in [0.2, 0.25) is 0 Å².